The van der Waals surface area contributed by atoms with E-state index in [0.717, 1.165) is 0 Å². The molecule has 0 unspecified atom stereocenters. The Morgan fingerprint density at radius 3 is 2.75 bits per heavy atom. The van der Waals surface area contributed by atoms with Crippen molar-refractivity contribution in [1.29, 1.82) is 0 Å². The van der Waals surface area contributed by atoms with E-state index in [1.807, 2.05) is 0 Å². The number of nitrogens with one attached hydrogen (secondary N) is 2. The minimum absolute atomic E-state index is 0.119. The molecule has 5 rings (SSSR count). The summed E-state index contributed by atoms with van der Waals surface area (Å²) in [5.41, 5.74) is 1.40. The summed E-state index contributed by atoms with van der Waals surface area (Å²) in [6.45, 7) is 0.119. The molecule has 0 aliphatic carbocycles. The Bertz CT molecular complexity index is 1260. The van der Waals surface area contributed by atoms with Crippen molar-refractivity contribution in [3.05, 3.63) is 70.9 Å². The molecule has 8 heteroatoms. The predicted molar refractivity (Wildman–Crippen MR) is 101 cm³/mol. The van der Waals surface area contributed by atoms with Gasteiger partial charge in [-0.15, -0.1) is 0 Å². The molecule has 0 saturated carbocycles. The number of benzene rings is 2. The molecule has 1 aliphatic rings. The second-order valence-corrected chi connectivity index (χ2v) is 6.15. The highest BCUT2D eigenvalue weighted by molar-refractivity contribution is 6.02. The Labute approximate surface area is 157 Å². The predicted octanol–water partition coefficient (Wildman–Crippen LogP) is 3.16. The zero-order valence-electron chi connectivity index (χ0n) is 14.4. The van der Waals surface area contributed by atoms with E-state index in [4.69, 9.17) is 13.9 Å². The molecular formula is C20H13N3O5. The van der Waals surface area contributed by atoms with E-state index >= 15 is 0 Å². The summed E-state index contributed by atoms with van der Waals surface area (Å²) < 4.78 is 15.8. The first-order valence-corrected chi connectivity index (χ1v) is 8.46. The second-order valence-electron chi connectivity index (χ2n) is 6.15. The van der Waals surface area contributed by atoms with Crippen molar-refractivity contribution in [2.75, 3.05) is 12.1 Å². The van der Waals surface area contributed by atoms with Gasteiger partial charge in [-0.25, -0.2) is 4.98 Å². The number of carbonyl (C=O) groups excluding carboxylic acids is 1. The Hall–Kier alpha value is -4.07. The van der Waals surface area contributed by atoms with E-state index < -0.39 is 0 Å². The molecule has 138 valence electrons. The number of amides is 1. The maximum Gasteiger partial charge on any atom is 0.291 e. The molecule has 28 heavy (non-hydrogen) atoms. The van der Waals surface area contributed by atoms with E-state index in [1.54, 1.807) is 48.5 Å². The van der Waals surface area contributed by atoms with Gasteiger partial charge in [0.25, 0.3) is 11.5 Å². The summed E-state index contributed by atoms with van der Waals surface area (Å²) in [5.74, 6) is 1.30. The Kier molecular flexibility index (Phi) is 3.61. The van der Waals surface area contributed by atoms with Crippen LogP contribution in [0.1, 0.15) is 10.6 Å². The number of hydrogen-bond acceptors (Lipinski definition) is 6. The smallest absolute Gasteiger partial charge is 0.291 e. The zero-order chi connectivity index (χ0) is 19.1. The molecule has 4 aromatic rings. The minimum atomic E-state index is -0.366. The topological polar surface area (TPSA) is 106 Å². The van der Waals surface area contributed by atoms with Crippen LogP contribution in [-0.2, 0) is 0 Å². The molecule has 2 N–H and O–H groups in total. The Balaban J connectivity index is 1.52. The highest BCUT2D eigenvalue weighted by atomic mass is 16.7. The van der Waals surface area contributed by atoms with E-state index in [-0.39, 0.29) is 24.0 Å². The highest BCUT2D eigenvalue weighted by Gasteiger charge is 2.17. The lowest BCUT2D eigenvalue weighted by atomic mass is 10.1. The maximum atomic E-state index is 12.5. The fourth-order valence-corrected chi connectivity index (χ4v) is 3.01. The van der Waals surface area contributed by atoms with E-state index in [0.29, 0.717) is 39.5 Å². The van der Waals surface area contributed by atoms with Crippen molar-refractivity contribution in [2.24, 2.45) is 0 Å². The van der Waals surface area contributed by atoms with Gasteiger partial charge in [0, 0.05) is 17.3 Å². The van der Waals surface area contributed by atoms with Crippen molar-refractivity contribution >= 4 is 22.5 Å². The lowest BCUT2D eigenvalue weighted by Gasteiger charge is -2.07. The number of rotatable bonds is 3. The first kappa shape index (κ1) is 16.1. The fraction of sp³-hybridized carbons (Fsp3) is 0.0500. The summed E-state index contributed by atoms with van der Waals surface area (Å²) in [7, 11) is 0. The number of aromatic nitrogens is 2. The summed E-state index contributed by atoms with van der Waals surface area (Å²) in [5, 5.41) is 3.16. The number of anilines is 1. The summed E-state index contributed by atoms with van der Waals surface area (Å²) in [6.07, 6.45) is 1.43. The first-order chi connectivity index (χ1) is 13.7. The maximum absolute atomic E-state index is 12.5. The van der Waals surface area contributed by atoms with Crippen LogP contribution in [0.15, 0.2) is 64.0 Å². The molecule has 2 aromatic heterocycles. The van der Waals surface area contributed by atoms with Gasteiger partial charge in [-0.3, -0.25) is 9.59 Å². The third-order valence-electron chi connectivity index (χ3n) is 4.34. The number of H-pyrrole nitrogens is 1. The molecule has 0 atom stereocenters. The molecular weight excluding hydrogens is 362 g/mol. The van der Waals surface area contributed by atoms with E-state index in [2.05, 4.69) is 15.3 Å². The molecule has 0 spiro atoms. The molecule has 0 bridgehead atoms. The van der Waals surface area contributed by atoms with Crippen LogP contribution in [0.25, 0.3) is 22.3 Å². The van der Waals surface area contributed by atoms with Crippen LogP contribution in [0.4, 0.5) is 5.69 Å². The Morgan fingerprint density at radius 2 is 1.93 bits per heavy atom. The van der Waals surface area contributed by atoms with Crippen molar-refractivity contribution in [2.45, 2.75) is 0 Å². The standard InChI is InChI=1S/C20H13N3O5/c24-19-13-8-16-17(28-10-27-16)9-14(13)22-18(23-19)11-3-1-4-12(7-11)21-20(25)15-5-2-6-26-15/h1-9H,10H2,(H,21,25)(H,22,23,24). The van der Waals surface area contributed by atoms with Gasteiger partial charge in [-0.1, -0.05) is 12.1 Å². The van der Waals surface area contributed by atoms with Crippen molar-refractivity contribution < 1.29 is 18.7 Å². The van der Waals surface area contributed by atoms with Crippen LogP contribution >= 0.6 is 0 Å². The zero-order valence-corrected chi connectivity index (χ0v) is 14.4. The molecule has 1 amide bonds. The average molecular weight is 375 g/mol. The van der Waals surface area contributed by atoms with Gasteiger partial charge < -0.3 is 24.2 Å². The molecule has 0 radical (unpaired) electrons. The minimum Gasteiger partial charge on any atom is -0.459 e. The van der Waals surface area contributed by atoms with Crippen LogP contribution in [-0.4, -0.2) is 22.7 Å². The largest absolute Gasteiger partial charge is 0.459 e. The molecule has 0 saturated heterocycles. The third kappa shape index (κ3) is 2.77. The molecule has 0 fully saturated rings. The lowest BCUT2D eigenvalue weighted by Crippen LogP contribution is -2.11. The van der Waals surface area contributed by atoms with Gasteiger partial charge in [-0.2, -0.15) is 0 Å². The number of hydrogen-bond donors (Lipinski definition) is 2. The summed E-state index contributed by atoms with van der Waals surface area (Å²) >= 11 is 0. The number of furan rings is 1. The van der Waals surface area contributed by atoms with Gasteiger partial charge in [0.1, 0.15) is 5.82 Å². The third-order valence-corrected chi connectivity index (χ3v) is 4.34. The normalized spacial score (nSPS) is 12.3. The fourth-order valence-electron chi connectivity index (χ4n) is 3.01. The monoisotopic (exact) mass is 375 g/mol. The number of fused-ring (bicyclic) bond motifs is 2. The lowest BCUT2D eigenvalue weighted by molar-refractivity contribution is 0.0996. The van der Waals surface area contributed by atoms with Gasteiger partial charge >= 0.3 is 0 Å². The molecule has 8 nitrogen and oxygen atoms in total. The number of ether oxygens (including phenoxy) is 2. The molecule has 1 aliphatic heterocycles. The number of aromatic amines is 1. The van der Waals surface area contributed by atoms with Gasteiger partial charge in [-0.05, 0) is 30.3 Å². The highest BCUT2D eigenvalue weighted by Crippen LogP contribution is 2.34. The van der Waals surface area contributed by atoms with Gasteiger partial charge in [0.05, 0.1) is 17.2 Å². The molecule has 2 aromatic carbocycles. The summed E-state index contributed by atoms with van der Waals surface area (Å²) in [6, 6.07) is 13.5. The average Bonchev–Trinajstić information content (AvgIpc) is 3.38. The first-order valence-electron chi connectivity index (χ1n) is 8.46. The van der Waals surface area contributed by atoms with Crippen molar-refractivity contribution in [1.82, 2.24) is 9.97 Å². The van der Waals surface area contributed by atoms with Crippen molar-refractivity contribution in [3.8, 4) is 22.9 Å². The summed E-state index contributed by atoms with van der Waals surface area (Å²) in [4.78, 5) is 32.0. The van der Waals surface area contributed by atoms with E-state index in [1.165, 1.54) is 6.26 Å². The number of carbonyl (C=O) groups is 1. The van der Waals surface area contributed by atoms with Crippen LogP contribution in [0.2, 0.25) is 0 Å². The quantitative estimate of drug-likeness (QED) is 0.570. The Morgan fingerprint density at radius 1 is 1.07 bits per heavy atom. The van der Waals surface area contributed by atoms with Crippen LogP contribution < -0.4 is 20.3 Å². The SMILES string of the molecule is O=C(Nc1cccc(-c2nc3cc4c(cc3c(=O)[nH]2)OCO4)c1)c1ccco1. The van der Waals surface area contributed by atoms with E-state index in [9.17, 15) is 9.59 Å². The number of nitrogens with zero attached hydrogens (tertiary/aromatic N) is 1. The van der Waals surface area contributed by atoms with Crippen LogP contribution in [0.5, 0.6) is 11.5 Å². The van der Waals surface area contributed by atoms with Gasteiger partial charge in [0.2, 0.25) is 6.79 Å². The van der Waals surface area contributed by atoms with Crippen molar-refractivity contribution in [3.63, 3.8) is 0 Å². The van der Waals surface area contributed by atoms with Gasteiger partial charge in [0.15, 0.2) is 17.3 Å². The van der Waals surface area contributed by atoms with Crippen LogP contribution in [0.3, 0.4) is 0 Å². The molecule has 3 heterocycles. The van der Waals surface area contributed by atoms with Crippen LogP contribution in [0, 0.1) is 0 Å². The second kappa shape index (κ2) is 6.27.